The number of nitrogens with zero attached hydrogens (tertiary/aromatic N) is 2. The summed E-state index contributed by atoms with van der Waals surface area (Å²) in [4.78, 5) is 32.8. The van der Waals surface area contributed by atoms with Gasteiger partial charge in [0.2, 0.25) is 0 Å². The van der Waals surface area contributed by atoms with Gasteiger partial charge in [0.25, 0.3) is 5.56 Å². The van der Waals surface area contributed by atoms with Gasteiger partial charge in [-0.05, 0) is 77.5 Å². The quantitative estimate of drug-likeness (QED) is 0.333. The molecule has 34 heavy (non-hydrogen) atoms. The zero-order valence-corrected chi connectivity index (χ0v) is 22.3. The molecule has 0 saturated heterocycles. The Morgan fingerprint density at radius 1 is 1.26 bits per heavy atom. The van der Waals surface area contributed by atoms with Crippen molar-refractivity contribution in [2.24, 2.45) is 4.99 Å². The maximum atomic E-state index is 13.6. The molecule has 0 radical (unpaired) electrons. The largest absolute Gasteiger partial charge is 0.496 e. The smallest absolute Gasteiger partial charge is 0.338 e. The van der Waals surface area contributed by atoms with Gasteiger partial charge in [0.1, 0.15) is 5.75 Å². The Hall–Kier alpha value is -2.62. The first-order valence-electron chi connectivity index (χ1n) is 10.5. The minimum absolute atomic E-state index is 0.205. The molecule has 0 spiro atoms. The normalized spacial score (nSPS) is 15.7. The van der Waals surface area contributed by atoms with Gasteiger partial charge in [-0.3, -0.25) is 9.36 Å². The molecule has 1 atom stereocenters. The Balaban J connectivity index is 1.92. The number of fused-ring (bicyclic) bond motifs is 1. The molecule has 6 nitrogen and oxygen atoms in total. The standard InChI is InChI=1S/C25H23BrN2O4S2/c1-5-32-24(30)21-14(2)27-25-28(22(21)16-7-9-17(33-4)10-8-16)23(29)20(34-25)13-15-6-11-19(31-3)18(26)12-15/h6-13,22H,5H2,1-4H3/b20-13+/t22-/m0/s1. The SMILES string of the molecule is CCOC(=O)C1=C(C)N=c2s/c(=C/c3ccc(OC)c(Br)c3)c(=O)n2[C@H]1c1ccc(SC)cc1. The Morgan fingerprint density at radius 2 is 2.00 bits per heavy atom. The topological polar surface area (TPSA) is 69.9 Å². The zero-order chi connectivity index (χ0) is 24.4. The summed E-state index contributed by atoms with van der Waals surface area (Å²) in [7, 11) is 1.60. The number of methoxy groups -OCH3 is 1. The van der Waals surface area contributed by atoms with Crippen LogP contribution in [0.1, 0.15) is 31.0 Å². The summed E-state index contributed by atoms with van der Waals surface area (Å²) in [5.41, 5.74) is 2.40. The number of carbonyl (C=O) groups is 1. The molecular weight excluding hydrogens is 536 g/mol. The number of rotatable bonds is 6. The highest BCUT2D eigenvalue weighted by atomic mass is 79.9. The lowest BCUT2D eigenvalue weighted by atomic mass is 9.96. The molecule has 176 valence electrons. The molecule has 0 aliphatic carbocycles. The summed E-state index contributed by atoms with van der Waals surface area (Å²) in [5.74, 6) is 0.248. The molecule has 9 heteroatoms. The van der Waals surface area contributed by atoms with Crippen LogP contribution in [0.2, 0.25) is 0 Å². The van der Waals surface area contributed by atoms with Crippen molar-refractivity contribution in [1.29, 1.82) is 0 Å². The Bertz CT molecular complexity index is 1460. The number of hydrogen-bond donors (Lipinski definition) is 0. The molecule has 3 aromatic rings. The Labute approximate surface area is 213 Å². The van der Waals surface area contributed by atoms with Crippen LogP contribution in [0.4, 0.5) is 0 Å². The van der Waals surface area contributed by atoms with Crippen LogP contribution in [0.5, 0.6) is 5.75 Å². The van der Waals surface area contributed by atoms with Gasteiger partial charge in [0.05, 0.1) is 40.0 Å². The number of ether oxygens (including phenoxy) is 2. The van der Waals surface area contributed by atoms with Crippen molar-refractivity contribution in [3.63, 3.8) is 0 Å². The van der Waals surface area contributed by atoms with E-state index in [1.165, 1.54) is 11.3 Å². The van der Waals surface area contributed by atoms with Gasteiger partial charge in [-0.2, -0.15) is 0 Å². The molecule has 2 aromatic carbocycles. The second kappa shape index (κ2) is 10.3. The summed E-state index contributed by atoms with van der Waals surface area (Å²) in [6.07, 6.45) is 3.83. The minimum atomic E-state index is -0.615. The number of aromatic nitrogens is 1. The van der Waals surface area contributed by atoms with Gasteiger partial charge in [-0.15, -0.1) is 11.8 Å². The minimum Gasteiger partial charge on any atom is -0.496 e. The van der Waals surface area contributed by atoms with Gasteiger partial charge >= 0.3 is 5.97 Å². The van der Waals surface area contributed by atoms with Crippen LogP contribution in [-0.2, 0) is 9.53 Å². The molecule has 1 aliphatic heterocycles. The molecule has 0 amide bonds. The van der Waals surface area contributed by atoms with Crippen LogP contribution < -0.4 is 19.6 Å². The molecule has 4 rings (SSSR count). The van der Waals surface area contributed by atoms with E-state index in [-0.39, 0.29) is 12.2 Å². The number of thiazole rings is 1. The number of carbonyl (C=O) groups excluding carboxylic acids is 1. The van der Waals surface area contributed by atoms with E-state index in [9.17, 15) is 9.59 Å². The second-order valence-electron chi connectivity index (χ2n) is 7.47. The lowest BCUT2D eigenvalue weighted by molar-refractivity contribution is -0.139. The van der Waals surface area contributed by atoms with E-state index in [2.05, 4.69) is 20.9 Å². The summed E-state index contributed by atoms with van der Waals surface area (Å²) in [6, 6.07) is 12.9. The van der Waals surface area contributed by atoms with Gasteiger partial charge < -0.3 is 9.47 Å². The van der Waals surface area contributed by atoms with E-state index in [0.717, 1.165) is 20.5 Å². The fourth-order valence-electron chi connectivity index (χ4n) is 3.82. The molecule has 1 aromatic heterocycles. The number of hydrogen-bond acceptors (Lipinski definition) is 7. The third-order valence-corrected chi connectivity index (χ3v) is 7.77. The van der Waals surface area contributed by atoms with Crippen LogP contribution in [-0.4, -0.2) is 30.5 Å². The van der Waals surface area contributed by atoms with Crippen molar-refractivity contribution in [2.75, 3.05) is 20.0 Å². The Morgan fingerprint density at radius 3 is 2.62 bits per heavy atom. The van der Waals surface area contributed by atoms with E-state index in [4.69, 9.17) is 9.47 Å². The number of thioether (sulfide) groups is 1. The number of esters is 1. The van der Waals surface area contributed by atoms with Crippen LogP contribution in [0.15, 0.2) is 72.9 Å². The molecule has 0 N–H and O–H groups in total. The summed E-state index contributed by atoms with van der Waals surface area (Å²) >= 11 is 6.42. The molecule has 0 bridgehead atoms. The summed E-state index contributed by atoms with van der Waals surface area (Å²) in [6.45, 7) is 3.79. The lowest BCUT2D eigenvalue weighted by Gasteiger charge is -2.24. The lowest BCUT2D eigenvalue weighted by Crippen LogP contribution is -2.39. The molecule has 0 fully saturated rings. The van der Waals surface area contributed by atoms with Crippen molar-refractivity contribution in [1.82, 2.24) is 4.57 Å². The highest BCUT2D eigenvalue weighted by molar-refractivity contribution is 9.10. The van der Waals surface area contributed by atoms with E-state index in [1.807, 2.05) is 54.8 Å². The van der Waals surface area contributed by atoms with Crippen molar-refractivity contribution in [3.8, 4) is 5.75 Å². The van der Waals surface area contributed by atoms with E-state index < -0.39 is 12.0 Å². The van der Waals surface area contributed by atoms with Gasteiger partial charge in [0, 0.05) is 4.90 Å². The second-order valence-corrected chi connectivity index (χ2v) is 10.2. The van der Waals surface area contributed by atoms with Crippen molar-refractivity contribution >= 4 is 51.1 Å². The fourth-order valence-corrected chi connectivity index (χ4v) is 5.83. The monoisotopic (exact) mass is 558 g/mol. The van der Waals surface area contributed by atoms with Crippen LogP contribution in [0, 0.1) is 0 Å². The maximum absolute atomic E-state index is 13.6. The van der Waals surface area contributed by atoms with E-state index >= 15 is 0 Å². The predicted octanol–water partition coefficient (Wildman–Crippen LogP) is 4.29. The van der Waals surface area contributed by atoms with E-state index in [1.54, 1.807) is 37.3 Å². The molecule has 0 unspecified atom stereocenters. The predicted molar refractivity (Wildman–Crippen MR) is 139 cm³/mol. The third-order valence-electron chi connectivity index (χ3n) is 5.42. The van der Waals surface area contributed by atoms with Gasteiger partial charge in [0.15, 0.2) is 4.80 Å². The first-order valence-corrected chi connectivity index (χ1v) is 13.4. The molecule has 2 heterocycles. The first-order chi connectivity index (χ1) is 16.4. The number of benzene rings is 2. The number of allylic oxidation sites excluding steroid dienone is 1. The molecule has 1 aliphatic rings. The zero-order valence-electron chi connectivity index (χ0n) is 19.1. The summed E-state index contributed by atoms with van der Waals surface area (Å²) in [5, 5.41) is 0. The highest BCUT2D eigenvalue weighted by Gasteiger charge is 2.33. The first kappa shape index (κ1) is 24.5. The number of halogens is 1. The average Bonchev–Trinajstić information content (AvgIpc) is 3.12. The van der Waals surface area contributed by atoms with Crippen molar-refractivity contribution < 1.29 is 14.3 Å². The third kappa shape index (κ3) is 4.64. The maximum Gasteiger partial charge on any atom is 0.338 e. The van der Waals surface area contributed by atoms with Crippen molar-refractivity contribution in [3.05, 3.63) is 89.0 Å². The average molecular weight is 560 g/mol. The van der Waals surface area contributed by atoms with Crippen LogP contribution in [0.3, 0.4) is 0 Å². The van der Waals surface area contributed by atoms with Crippen LogP contribution >= 0.6 is 39.0 Å². The molecular formula is C25H23BrN2O4S2. The highest BCUT2D eigenvalue weighted by Crippen LogP contribution is 2.32. The van der Waals surface area contributed by atoms with Gasteiger partial charge in [-0.25, -0.2) is 9.79 Å². The van der Waals surface area contributed by atoms with Gasteiger partial charge in [-0.1, -0.05) is 29.5 Å². The summed E-state index contributed by atoms with van der Waals surface area (Å²) < 4.78 is 13.6. The molecule has 0 saturated carbocycles. The van der Waals surface area contributed by atoms with E-state index in [0.29, 0.717) is 26.4 Å². The van der Waals surface area contributed by atoms with Crippen LogP contribution in [0.25, 0.3) is 6.08 Å². The fraction of sp³-hybridized carbons (Fsp3) is 0.240. The van der Waals surface area contributed by atoms with Crippen molar-refractivity contribution in [2.45, 2.75) is 24.8 Å². The Kier molecular flexibility index (Phi) is 7.45.